The van der Waals surface area contributed by atoms with Crippen LogP contribution in [0.2, 0.25) is 0 Å². The summed E-state index contributed by atoms with van der Waals surface area (Å²) in [6.45, 7) is 4.40. The largest absolute Gasteiger partial charge is 0.379 e. The second kappa shape index (κ2) is 4.62. The standard InChI is InChI=1S/C15H21N3O/c1-11-17-13-8-12(4-5-14(13)18(11)2)15(6-3-7-16)9-19-10-15/h4-5,8H,3,6-7,9-10,16H2,1-2H3. The lowest BCUT2D eigenvalue weighted by atomic mass is 9.75. The number of hydrogen-bond donors (Lipinski definition) is 1. The highest BCUT2D eigenvalue weighted by atomic mass is 16.5. The maximum atomic E-state index is 5.65. The Balaban J connectivity index is 2.00. The van der Waals surface area contributed by atoms with E-state index < -0.39 is 0 Å². The maximum absolute atomic E-state index is 5.65. The summed E-state index contributed by atoms with van der Waals surface area (Å²) in [6.07, 6.45) is 2.14. The van der Waals surface area contributed by atoms with Gasteiger partial charge in [-0.2, -0.15) is 0 Å². The number of imidazole rings is 1. The quantitative estimate of drug-likeness (QED) is 0.912. The lowest BCUT2D eigenvalue weighted by molar-refractivity contribution is -0.0648. The van der Waals surface area contributed by atoms with Gasteiger partial charge in [0.25, 0.3) is 0 Å². The normalized spacial score (nSPS) is 17.6. The number of nitrogens with zero attached hydrogens (tertiary/aromatic N) is 2. The summed E-state index contributed by atoms with van der Waals surface area (Å²) in [5.74, 6) is 1.05. The zero-order valence-corrected chi connectivity index (χ0v) is 11.6. The van der Waals surface area contributed by atoms with Gasteiger partial charge in [0.05, 0.1) is 24.2 Å². The molecule has 1 saturated heterocycles. The molecule has 1 fully saturated rings. The van der Waals surface area contributed by atoms with Crippen LogP contribution in [0.5, 0.6) is 0 Å². The molecule has 0 radical (unpaired) electrons. The summed E-state index contributed by atoms with van der Waals surface area (Å²) >= 11 is 0. The second-order valence-corrected chi connectivity index (χ2v) is 5.59. The van der Waals surface area contributed by atoms with Crippen molar-refractivity contribution in [2.45, 2.75) is 25.2 Å². The van der Waals surface area contributed by atoms with Gasteiger partial charge in [-0.15, -0.1) is 0 Å². The zero-order valence-electron chi connectivity index (χ0n) is 11.6. The van der Waals surface area contributed by atoms with Crippen molar-refractivity contribution in [1.82, 2.24) is 9.55 Å². The Bertz CT molecular complexity index is 599. The maximum Gasteiger partial charge on any atom is 0.106 e. The van der Waals surface area contributed by atoms with Gasteiger partial charge in [-0.1, -0.05) is 6.07 Å². The van der Waals surface area contributed by atoms with E-state index >= 15 is 0 Å². The van der Waals surface area contributed by atoms with Gasteiger partial charge in [0.15, 0.2) is 0 Å². The van der Waals surface area contributed by atoms with Crippen LogP contribution >= 0.6 is 0 Å². The van der Waals surface area contributed by atoms with Gasteiger partial charge in [0.2, 0.25) is 0 Å². The van der Waals surface area contributed by atoms with Gasteiger partial charge >= 0.3 is 0 Å². The van der Waals surface area contributed by atoms with Crippen molar-refractivity contribution in [3.8, 4) is 0 Å². The number of benzene rings is 1. The fraction of sp³-hybridized carbons (Fsp3) is 0.533. The molecule has 102 valence electrons. The van der Waals surface area contributed by atoms with Crippen LogP contribution < -0.4 is 5.73 Å². The van der Waals surface area contributed by atoms with E-state index in [9.17, 15) is 0 Å². The molecule has 0 saturated carbocycles. The Hall–Kier alpha value is -1.39. The predicted molar refractivity (Wildman–Crippen MR) is 76.2 cm³/mol. The van der Waals surface area contributed by atoms with Crippen LogP contribution in [0.1, 0.15) is 24.2 Å². The number of ether oxygens (including phenoxy) is 1. The monoisotopic (exact) mass is 259 g/mol. The van der Waals surface area contributed by atoms with Crippen LogP contribution in [0.25, 0.3) is 11.0 Å². The van der Waals surface area contributed by atoms with Crippen LogP contribution in [-0.2, 0) is 17.2 Å². The van der Waals surface area contributed by atoms with Gasteiger partial charge < -0.3 is 15.0 Å². The SMILES string of the molecule is Cc1nc2cc(C3(CCCN)COC3)ccc2n1C. The van der Waals surface area contributed by atoms with E-state index in [2.05, 4.69) is 34.8 Å². The van der Waals surface area contributed by atoms with Gasteiger partial charge in [0, 0.05) is 12.5 Å². The number of aromatic nitrogens is 2. The Morgan fingerprint density at radius 2 is 2.21 bits per heavy atom. The summed E-state index contributed by atoms with van der Waals surface area (Å²) in [6, 6.07) is 6.62. The van der Waals surface area contributed by atoms with E-state index in [-0.39, 0.29) is 5.41 Å². The van der Waals surface area contributed by atoms with Crippen LogP contribution in [0.15, 0.2) is 18.2 Å². The fourth-order valence-corrected chi connectivity index (χ4v) is 2.89. The number of nitrogens with two attached hydrogens (primary N) is 1. The molecule has 1 aliphatic rings. The average Bonchev–Trinajstić information content (AvgIpc) is 2.64. The van der Waals surface area contributed by atoms with E-state index in [1.54, 1.807) is 0 Å². The molecule has 4 nitrogen and oxygen atoms in total. The fourth-order valence-electron chi connectivity index (χ4n) is 2.89. The lowest BCUT2D eigenvalue weighted by Gasteiger charge is -2.42. The molecule has 0 bridgehead atoms. The van der Waals surface area contributed by atoms with Crippen LogP contribution in [0.4, 0.5) is 0 Å². The second-order valence-electron chi connectivity index (χ2n) is 5.59. The molecule has 4 heteroatoms. The van der Waals surface area contributed by atoms with Crippen molar-refractivity contribution >= 4 is 11.0 Å². The average molecular weight is 259 g/mol. The first-order valence-electron chi connectivity index (χ1n) is 6.88. The summed E-state index contributed by atoms with van der Waals surface area (Å²) in [4.78, 5) is 4.62. The molecular formula is C15H21N3O. The van der Waals surface area contributed by atoms with Crippen LogP contribution in [0, 0.1) is 6.92 Å². The van der Waals surface area contributed by atoms with Crippen molar-refractivity contribution in [1.29, 1.82) is 0 Å². The first-order chi connectivity index (χ1) is 9.16. The van der Waals surface area contributed by atoms with Crippen molar-refractivity contribution in [2.24, 2.45) is 12.8 Å². The van der Waals surface area contributed by atoms with Gasteiger partial charge in [-0.05, 0) is 44.0 Å². The van der Waals surface area contributed by atoms with E-state index in [4.69, 9.17) is 10.5 Å². The number of hydrogen-bond acceptors (Lipinski definition) is 3. The van der Waals surface area contributed by atoms with Gasteiger partial charge in [0.1, 0.15) is 5.82 Å². The molecule has 3 rings (SSSR count). The first-order valence-corrected chi connectivity index (χ1v) is 6.88. The minimum absolute atomic E-state index is 0.166. The highest BCUT2D eigenvalue weighted by Gasteiger charge is 2.39. The van der Waals surface area contributed by atoms with Gasteiger partial charge in [-0.3, -0.25) is 0 Å². The first kappa shape index (κ1) is 12.6. The molecule has 0 unspecified atom stereocenters. The number of fused-ring (bicyclic) bond motifs is 1. The molecule has 2 N–H and O–H groups in total. The third-order valence-electron chi connectivity index (χ3n) is 4.33. The lowest BCUT2D eigenvalue weighted by Crippen LogP contribution is -2.47. The highest BCUT2D eigenvalue weighted by Crippen LogP contribution is 2.37. The zero-order chi connectivity index (χ0) is 13.5. The minimum Gasteiger partial charge on any atom is -0.379 e. The molecule has 0 aliphatic carbocycles. The Morgan fingerprint density at radius 1 is 1.42 bits per heavy atom. The topological polar surface area (TPSA) is 53.1 Å². The molecule has 0 amide bonds. The third kappa shape index (κ3) is 1.95. The number of rotatable bonds is 4. The molecule has 2 aromatic rings. The molecule has 2 heterocycles. The smallest absolute Gasteiger partial charge is 0.106 e. The summed E-state index contributed by atoms with van der Waals surface area (Å²) in [5.41, 5.74) is 9.43. The molecule has 1 aromatic carbocycles. The molecule has 1 aliphatic heterocycles. The summed E-state index contributed by atoms with van der Waals surface area (Å²) in [5, 5.41) is 0. The van der Waals surface area contributed by atoms with Crippen molar-refractivity contribution < 1.29 is 4.74 Å². The van der Waals surface area contributed by atoms with Gasteiger partial charge in [-0.25, -0.2) is 4.98 Å². The molecule has 0 atom stereocenters. The van der Waals surface area contributed by atoms with E-state index in [1.807, 2.05) is 6.92 Å². The molecular weight excluding hydrogens is 238 g/mol. The van der Waals surface area contributed by atoms with Crippen LogP contribution in [0.3, 0.4) is 0 Å². The Kier molecular flexibility index (Phi) is 3.07. The summed E-state index contributed by atoms with van der Waals surface area (Å²) in [7, 11) is 2.06. The number of aryl methyl sites for hydroxylation is 2. The Morgan fingerprint density at radius 3 is 2.84 bits per heavy atom. The summed E-state index contributed by atoms with van der Waals surface area (Å²) < 4.78 is 7.59. The van der Waals surface area contributed by atoms with E-state index in [0.717, 1.165) is 43.9 Å². The van der Waals surface area contributed by atoms with Crippen LogP contribution in [-0.4, -0.2) is 29.3 Å². The molecule has 19 heavy (non-hydrogen) atoms. The molecule has 1 aromatic heterocycles. The van der Waals surface area contributed by atoms with Crippen molar-refractivity contribution in [2.75, 3.05) is 19.8 Å². The highest BCUT2D eigenvalue weighted by molar-refractivity contribution is 5.77. The van der Waals surface area contributed by atoms with E-state index in [1.165, 1.54) is 11.1 Å². The Labute approximate surface area is 113 Å². The van der Waals surface area contributed by atoms with E-state index in [0.29, 0.717) is 0 Å². The third-order valence-corrected chi connectivity index (χ3v) is 4.33. The van der Waals surface area contributed by atoms with Crippen molar-refractivity contribution in [3.05, 3.63) is 29.6 Å². The predicted octanol–water partition coefficient (Wildman–Crippen LogP) is 1.89. The van der Waals surface area contributed by atoms with Crippen molar-refractivity contribution in [3.63, 3.8) is 0 Å². The molecule has 0 spiro atoms. The minimum atomic E-state index is 0.166.